The highest BCUT2D eigenvalue weighted by atomic mass is 19.3. The minimum atomic E-state index is -2.84. The molecule has 0 spiro atoms. The van der Waals surface area contributed by atoms with Gasteiger partial charge in [-0.2, -0.15) is 0 Å². The summed E-state index contributed by atoms with van der Waals surface area (Å²) in [5.41, 5.74) is -1.20. The number of rotatable bonds is 3. The monoisotopic (exact) mass is 220 g/mol. The first-order chi connectivity index (χ1) is 6.93. The highest BCUT2D eigenvalue weighted by Gasteiger charge is 2.21. The van der Waals surface area contributed by atoms with Gasteiger partial charge in [0, 0.05) is 11.1 Å². The van der Waals surface area contributed by atoms with Crippen molar-refractivity contribution in [2.45, 2.75) is 12.5 Å². The van der Waals surface area contributed by atoms with Crippen molar-refractivity contribution in [3.63, 3.8) is 0 Å². The van der Waals surface area contributed by atoms with Crippen molar-refractivity contribution in [1.29, 1.82) is 0 Å². The van der Waals surface area contributed by atoms with Gasteiger partial charge in [-0.1, -0.05) is 6.07 Å². The Labute approximate surface area is 82.8 Å². The predicted octanol–water partition coefficient (Wildman–Crippen LogP) is 1.88. The molecule has 0 radical (unpaired) electrons. The Kier molecular flexibility index (Phi) is 3.31. The highest BCUT2D eigenvalue weighted by Crippen LogP contribution is 2.24. The van der Waals surface area contributed by atoms with Gasteiger partial charge in [0.1, 0.15) is 5.82 Å². The predicted molar refractivity (Wildman–Crippen MR) is 44.0 cm³/mol. The van der Waals surface area contributed by atoms with Gasteiger partial charge in [-0.3, -0.25) is 0 Å². The molecule has 0 aliphatic rings. The van der Waals surface area contributed by atoms with Crippen molar-refractivity contribution >= 4 is 5.97 Å². The van der Waals surface area contributed by atoms with Gasteiger partial charge in [0.25, 0.3) is 6.43 Å². The maximum absolute atomic E-state index is 13.0. The van der Waals surface area contributed by atoms with Crippen molar-refractivity contribution in [3.05, 3.63) is 35.1 Å². The second-order valence-electron chi connectivity index (χ2n) is 2.82. The van der Waals surface area contributed by atoms with Crippen molar-refractivity contribution < 1.29 is 28.2 Å². The van der Waals surface area contributed by atoms with E-state index in [0.717, 1.165) is 6.07 Å². The lowest BCUT2D eigenvalue weighted by atomic mass is 10.1. The minimum Gasteiger partial charge on any atom is -0.479 e. The fraction of sp³-hybridized carbons (Fsp3) is 0.222. The number of carboxylic acid groups (broad SMARTS) is 1. The highest BCUT2D eigenvalue weighted by molar-refractivity contribution is 5.74. The second kappa shape index (κ2) is 4.31. The second-order valence-corrected chi connectivity index (χ2v) is 2.82. The number of aliphatic hydroxyl groups is 1. The van der Waals surface area contributed by atoms with Gasteiger partial charge in [-0.25, -0.2) is 18.0 Å². The molecule has 1 atom stereocenters. The van der Waals surface area contributed by atoms with E-state index < -0.39 is 35.4 Å². The molecule has 0 heterocycles. The van der Waals surface area contributed by atoms with Crippen molar-refractivity contribution in [3.8, 4) is 0 Å². The van der Waals surface area contributed by atoms with Crippen LogP contribution in [0.25, 0.3) is 0 Å². The normalized spacial score (nSPS) is 12.9. The fourth-order valence-electron chi connectivity index (χ4n) is 1.04. The zero-order chi connectivity index (χ0) is 11.6. The van der Waals surface area contributed by atoms with Crippen LogP contribution in [0.5, 0.6) is 0 Å². The Hall–Kier alpha value is -1.56. The largest absolute Gasteiger partial charge is 0.479 e. The quantitative estimate of drug-likeness (QED) is 0.817. The van der Waals surface area contributed by atoms with Gasteiger partial charge in [-0.05, 0) is 12.1 Å². The number of aliphatic carboxylic acids is 1. The van der Waals surface area contributed by atoms with E-state index in [0.29, 0.717) is 12.1 Å². The van der Waals surface area contributed by atoms with Crippen LogP contribution in [0.2, 0.25) is 0 Å². The molecule has 0 saturated heterocycles. The molecule has 15 heavy (non-hydrogen) atoms. The average molecular weight is 220 g/mol. The first-order valence-corrected chi connectivity index (χ1v) is 3.92. The van der Waals surface area contributed by atoms with Crippen LogP contribution in [0.1, 0.15) is 23.7 Å². The summed E-state index contributed by atoms with van der Waals surface area (Å²) in [6, 6.07) is 2.17. The van der Waals surface area contributed by atoms with Crippen molar-refractivity contribution in [1.82, 2.24) is 0 Å². The number of alkyl halides is 2. The molecule has 0 saturated carbocycles. The smallest absolute Gasteiger partial charge is 0.337 e. The molecule has 1 rings (SSSR count). The lowest BCUT2D eigenvalue weighted by molar-refractivity contribution is -0.147. The summed E-state index contributed by atoms with van der Waals surface area (Å²) in [5, 5.41) is 17.4. The maximum Gasteiger partial charge on any atom is 0.337 e. The molecular formula is C9H7F3O3. The van der Waals surface area contributed by atoms with Crippen molar-refractivity contribution in [2.75, 3.05) is 0 Å². The van der Waals surface area contributed by atoms with Crippen LogP contribution in [-0.2, 0) is 4.79 Å². The van der Waals surface area contributed by atoms with E-state index in [4.69, 9.17) is 10.2 Å². The molecule has 0 amide bonds. The maximum atomic E-state index is 13.0. The Morgan fingerprint density at radius 1 is 1.33 bits per heavy atom. The number of hydrogen-bond donors (Lipinski definition) is 2. The molecule has 1 aromatic carbocycles. The summed E-state index contributed by atoms with van der Waals surface area (Å²) in [6.07, 6.45) is -4.98. The molecule has 3 nitrogen and oxygen atoms in total. The van der Waals surface area contributed by atoms with Crippen LogP contribution in [0, 0.1) is 5.82 Å². The topological polar surface area (TPSA) is 57.5 Å². The summed E-state index contributed by atoms with van der Waals surface area (Å²) in [5.74, 6) is -2.73. The van der Waals surface area contributed by atoms with Crippen LogP contribution in [-0.4, -0.2) is 16.2 Å². The molecule has 0 bridgehead atoms. The molecule has 0 fully saturated rings. The average Bonchev–Trinajstić information content (AvgIpc) is 2.16. The van der Waals surface area contributed by atoms with Crippen LogP contribution < -0.4 is 0 Å². The number of hydrogen-bond acceptors (Lipinski definition) is 2. The van der Waals surface area contributed by atoms with Gasteiger partial charge >= 0.3 is 5.97 Å². The summed E-state index contributed by atoms with van der Waals surface area (Å²) in [4.78, 5) is 10.3. The third kappa shape index (κ3) is 2.47. The molecule has 1 aromatic rings. The Balaban J connectivity index is 3.16. The minimum absolute atomic E-state index is 0.535. The summed E-state index contributed by atoms with van der Waals surface area (Å²) < 4.78 is 37.4. The molecule has 0 aliphatic carbocycles. The van der Waals surface area contributed by atoms with Crippen LogP contribution in [0.15, 0.2) is 18.2 Å². The van der Waals surface area contributed by atoms with E-state index >= 15 is 0 Å². The first-order valence-electron chi connectivity index (χ1n) is 3.92. The lowest BCUT2D eigenvalue weighted by Crippen LogP contribution is -2.12. The zero-order valence-corrected chi connectivity index (χ0v) is 7.32. The number of aliphatic hydroxyl groups excluding tert-OH is 1. The van der Waals surface area contributed by atoms with Gasteiger partial charge in [0.05, 0.1) is 0 Å². The van der Waals surface area contributed by atoms with E-state index in [1.165, 1.54) is 0 Å². The van der Waals surface area contributed by atoms with Gasteiger partial charge < -0.3 is 10.2 Å². The number of carbonyl (C=O) groups is 1. The van der Waals surface area contributed by atoms with Crippen LogP contribution >= 0.6 is 0 Å². The molecule has 1 unspecified atom stereocenters. The van der Waals surface area contributed by atoms with E-state index in [2.05, 4.69) is 0 Å². The first kappa shape index (κ1) is 11.5. The fourth-order valence-corrected chi connectivity index (χ4v) is 1.04. The Morgan fingerprint density at radius 2 is 1.93 bits per heavy atom. The third-order valence-electron chi connectivity index (χ3n) is 1.80. The summed E-state index contributed by atoms with van der Waals surface area (Å²) in [7, 11) is 0. The van der Waals surface area contributed by atoms with E-state index in [9.17, 15) is 18.0 Å². The molecular weight excluding hydrogens is 213 g/mol. The van der Waals surface area contributed by atoms with Crippen LogP contribution in [0.4, 0.5) is 13.2 Å². The molecule has 0 aliphatic heterocycles. The molecule has 82 valence electrons. The van der Waals surface area contributed by atoms with Crippen LogP contribution in [0.3, 0.4) is 0 Å². The van der Waals surface area contributed by atoms with Gasteiger partial charge in [-0.15, -0.1) is 0 Å². The van der Waals surface area contributed by atoms with E-state index in [1.807, 2.05) is 0 Å². The van der Waals surface area contributed by atoms with Crippen molar-refractivity contribution in [2.24, 2.45) is 0 Å². The molecule has 0 aromatic heterocycles. The Bertz CT molecular complexity index is 379. The lowest BCUT2D eigenvalue weighted by Gasteiger charge is -2.09. The number of benzene rings is 1. The summed E-state index contributed by atoms with van der Waals surface area (Å²) in [6.45, 7) is 0. The molecule has 6 heteroatoms. The number of halogens is 3. The number of carboxylic acids is 1. The third-order valence-corrected chi connectivity index (χ3v) is 1.80. The molecule has 2 N–H and O–H groups in total. The SMILES string of the molecule is O=C(O)C(O)c1cc(C(F)F)ccc1F. The zero-order valence-electron chi connectivity index (χ0n) is 7.32. The van der Waals surface area contributed by atoms with E-state index in [-0.39, 0.29) is 0 Å². The van der Waals surface area contributed by atoms with Gasteiger partial charge in [0.15, 0.2) is 6.10 Å². The van der Waals surface area contributed by atoms with E-state index in [1.54, 1.807) is 0 Å². The van der Waals surface area contributed by atoms with Gasteiger partial charge in [0.2, 0.25) is 0 Å². The summed E-state index contributed by atoms with van der Waals surface area (Å²) >= 11 is 0. The standard InChI is InChI=1S/C9H7F3O3/c10-6-2-1-4(8(11)12)3-5(6)7(13)9(14)15/h1-3,7-8,13H,(H,14,15). The Morgan fingerprint density at radius 3 is 2.40 bits per heavy atom.